The number of anilines is 1. The normalized spacial score (nSPS) is 10.3. The van der Waals surface area contributed by atoms with E-state index in [1.807, 2.05) is 13.8 Å². The molecule has 6 heteroatoms. The van der Waals surface area contributed by atoms with Crippen molar-refractivity contribution in [2.45, 2.75) is 32.7 Å². The van der Waals surface area contributed by atoms with Crippen LogP contribution in [-0.2, 0) is 0 Å². The van der Waals surface area contributed by atoms with E-state index in [2.05, 4.69) is 10.6 Å². The van der Waals surface area contributed by atoms with Crippen LogP contribution in [0.4, 0.5) is 10.5 Å². The molecule has 0 aliphatic carbocycles. The van der Waals surface area contributed by atoms with Gasteiger partial charge in [-0.25, -0.2) is 9.59 Å². The summed E-state index contributed by atoms with van der Waals surface area (Å²) < 4.78 is 0. The third-order valence-corrected chi connectivity index (χ3v) is 3.09. The highest BCUT2D eigenvalue weighted by Gasteiger charge is 2.11. The number of nitrogens with one attached hydrogen (secondary N) is 2. The van der Waals surface area contributed by atoms with Gasteiger partial charge < -0.3 is 15.7 Å². The van der Waals surface area contributed by atoms with Crippen LogP contribution in [0.15, 0.2) is 18.2 Å². The van der Waals surface area contributed by atoms with E-state index in [1.54, 1.807) is 0 Å². The van der Waals surface area contributed by atoms with Crippen LogP contribution >= 0.6 is 11.6 Å². The molecule has 3 N–H and O–H groups in total. The highest BCUT2D eigenvalue weighted by Crippen LogP contribution is 2.20. The quantitative estimate of drug-likeness (QED) is 0.776. The summed E-state index contributed by atoms with van der Waals surface area (Å²) in [5.41, 5.74) is 0.464. The number of benzene rings is 1. The maximum atomic E-state index is 11.7. The first-order valence-corrected chi connectivity index (χ1v) is 6.46. The van der Waals surface area contributed by atoms with E-state index in [0.29, 0.717) is 5.69 Å². The summed E-state index contributed by atoms with van der Waals surface area (Å²) in [7, 11) is 0. The SMILES string of the molecule is CCC(CC)NC(=O)Nc1ccc(C(=O)O)c(Cl)c1. The molecule has 1 aromatic carbocycles. The molecule has 104 valence electrons. The van der Waals surface area contributed by atoms with Gasteiger partial charge in [0.05, 0.1) is 10.6 Å². The van der Waals surface area contributed by atoms with Gasteiger partial charge >= 0.3 is 12.0 Å². The molecule has 0 radical (unpaired) electrons. The Labute approximate surface area is 117 Å². The zero-order valence-electron chi connectivity index (χ0n) is 10.9. The van der Waals surface area contributed by atoms with Crippen molar-refractivity contribution in [1.29, 1.82) is 0 Å². The first kappa shape index (κ1) is 15.3. The number of halogens is 1. The van der Waals surface area contributed by atoms with Gasteiger partial charge in [0.1, 0.15) is 0 Å². The van der Waals surface area contributed by atoms with Crippen LogP contribution in [0.1, 0.15) is 37.0 Å². The minimum absolute atomic E-state index is 0.00705. The van der Waals surface area contributed by atoms with Crippen LogP contribution < -0.4 is 10.6 Å². The standard InChI is InChI=1S/C13H17ClN2O3/c1-3-8(4-2)15-13(19)16-9-5-6-10(12(17)18)11(14)7-9/h5-8H,3-4H2,1-2H3,(H,17,18)(H2,15,16,19). The second-order valence-electron chi connectivity index (χ2n) is 4.11. The third-order valence-electron chi connectivity index (χ3n) is 2.78. The van der Waals surface area contributed by atoms with Gasteiger partial charge in [-0.1, -0.05) is 25.4 Å². The van der Waals surface area contributed by atoms with E-state index in [0.717, 1.165) is 12.8 Å². The number of hydrogen-bond donors (Lipinski definition) is 3. The number of carbonyl (C=O) groups excluding carboxylic acids is 1. The molecule has 0 aliphatic rings. The van der Waals surface area contributed by atoms with E-state index in [4.69, 9.17) is 16.7 Å². The summed E-state index contributed by atoms with van der Waals surface area (Å²) in [5, 5.41) is 14.4. The van der Waals surface area contributed by atoms with E-state index in [-0.39, 0.29) is 22.7 Å². The number of aromatic carboxylic acids is 1. The number of hydrogen-bond acceptors (Lipinski definition) is 2. The molecule has 0 aliphatic heterocycles. The maximum absolute atomic E-state index is 11.7. The molecule has 1 aromatic rings. The Bertz CT molecular complexity index is 473. The Balaban J connectivity index is 2.70. The molecule has 19 heavy (non-hydrogen) atoms. The van der Waals surface area contributed by atoms with Gasteiger partial charge in [0.25, 0.3) is 0 Å². The zero-order valence-corrected chi connectivity index (χ0v) is 11.6. The van der Waals surface area contributed by atoms with Crippen molar-refractivity contribution in [3.63, 3.8) is 0 Å². The fourth-order valence-electron chi connectivity index (χ4n) is 1.61. The second kappa shape index (κ2) is 6.99. The number of carbonyl (C=O) groups is 2. The number of urea groups is 1. The Kier molecular flexibility index (Phi) is 5.63. The molecule has 0 fully saturated rings. The molecule has 5 nitrogen and oxygen atoms in total. The number of amides is 2. The smallest absolute Gasteiger partial charge is 0.337 e. The van der Waals surface area contributed by atoms with Crippen LogP contribution in [0.3, 0.4) is 0 Å². The van der Waals surface area contributed by atoms with E-state index < -0.39 is 5.97 Å². The molecule has 2 amide bonds. The molecule has 0 aromatic heterocycles. The van der Waals surface area contributed by atoms with Crippen molar-refractivity contribution < 1.29 is 14.7 Å². The summed E-state index contributed by atoms with van der Waals surface area (Å²) in [6.45, 7) is 3.99. The summed E-state index contributed by atoms with van der Waals surface area (Å²) in [5.74, 6) is -1.10. The molecule has 0 heterocycles. The molecule has 0 bridgehead atoms. The van der Waals surface area contributed by atoms with Crippen molar-refractivity contribution in [3.05, 3.63) is 28.8 Å². The minimum atomic E-state index is -1.10. The van der Waals surface area contributed by atoms with Gasteiger partial charge in [-0.05, 0) is 31.0 Å². The average Bonchev–Trinajstić information content (AvgIpc) is 2.35. The lowest BCUT2D eigenvalue weighted by Gasteiger charge is -2.15. The highest BCUT2D eigenvalue weighted by atomic mass is 35.5. The van der Waals surface area contributed by atoms with Crippen molar-refractivity contribution in [2.24, 2.45) is 0 Å². The molecule has 0 saturated carbocycles. The van der Waals surface area contributed by atoms with Gasteiger partial charge in [-0.3, -0.25) is 0 Å². The largest absolute Gasteiger partial charge is 0.478 e. The topological polar surface area (TPSA) is 78.4 Å². The summed E-state index contributed by atoms with van der Waals surface area (Å²) in [6.07, 6.45) is 1.70. The summed E-state index contributed by atoms with van der Waals surface area (Å²) in [4.78, 5) is 22.5. The van der Waals surface area contributed by atoms with E-state index in [9.17, 15) is 9.59 Å². The number of carboxylic acids is 1. The van der Waals surface area contributed by atoms with Crippen LogP contribution in [-0.4, -0.2) is 23.1 Å². The van der Waals surface area contributed by atoms with Crippen LogP contribution in [0.25, 0.3) is 0 Å². The Morgan fingerprint density at radius 2 is 1.95 bits per heavy atom. The number of rotatable bonds is 5. The van der Waals surface area contributed by atoms with Gasteiger partial charge in [-0.2, -0.15) is 0 Å². The molecular formula is C13H17ClN2O3. The van der Waals surface area contributed by atoms with Gasteiger partial charge in [0.15, 0.2) is 0 Å². The molecule has 0 unspecified atom stereocenters. The third kappa shape index (κ3) is 4.44. The van der Waals surface area contributed by atoms with E-state index in [1.165, 1.54) is 18.2 Å². The maximum Gasteiger partial charge on any atom is 0.337 e. The van der Waals surface area contributed by atoms with E-state index >= 15 is 0 Å². The Hall–Kier alpha value is -1.75. The Morgan fingerprint density at radius 1 is 1.32 bits per heavy atom. The molecule has 0 atom stereocenters. The van der Waals surface area contributed by atoms with Crippen LogP contribution in [0.5, 0.6) is 0 Å². The predicted octanol–water partition coefficient (Wildman–Crippen LogP) is 3.35. The lowest BCUT2D eigenvalue weighted by molar-refractivity contribution is 0.0697. The predicted molar refractivity (Wildman–Crippen MR) is 74.9 cm³/mol. The zero-order chi connectivity index (χ0) is 14.4. The van der Waals surface area contributed by atoms with Crippen LogP contribution in [0, 0.1) is 0 Å². The molecular weight excluding hydrogens is 268 g/mol. The lowest BCUT2D eigenvalue weighted by atomic mass is 10.2. The summed E-state index contributed by atoms with van der Waals surface area (Å²) in [6, 6.07) is 4.07. The first-order valence-electron chi connectivity index (χ1n) is 6.08. The van der Waals surface area contributed by atoms with Gasteiger partial charge in [-0.15, -0.1) is 0 Å². The molecule has 0 spiro atoms. The molecule has 0 saturated heterocycles. The fraction of sp³-hybridized carbons (Fsp3) is 0.385. The fourth-order valence-corrected chi connectivity index (χ4v) is 1.87. The van der Waals surface area contributed by atoms with Crippen molar-refractivity contribution in [3.8, 4) is 0 Å². The van der Waals surface area contributed by atoms with Crippen LogP contribution in [0.2, 0.25) is 5.02 Å². The minimum Gasteiger partial charge on any atom is -0.478 e. The number of carboxylic acid groups (broad SMARTS) is 1. The highest BCUT2D eigenvalue weighted by molar-refractivity contribution is 6.33. The van der Waals surface area contributed by atoms with Crippen molar-refractivity contribution >= 4 is 29.3 Å². The lowest BCUT2D eigenvalue weighted by Crippen LogP contribution is -2.37. The van der Waals surface area contributed by atoms with Gasteiger partial charge in [0, 0.05) is 11.7 Å². The van der Waals surface area contributed by atoms with Crippen molar-refractivity contribution in [2.75, 3.05) is 5.32 Å². The Morgan fingerprint density at radius 3 is 2.42 bits per heavy atom. The van der Waals surface area contributed by atoms with Gasteiger partial charge in [0.2, 0.25) is 0 Å². The average molecular weight is 285 g/mol. The van der Waals surface area contributed by atoms with Crippen molar-refractivity contribution in [1.82, 2.24) is 5.32 Å². The second-order valence-corrected chi connectivity index (χ2v) is 4.52. The summed E-state index contributed by atoms with van der Waals surface area (Å²) >= 11 is 5.82. The molecule has 1 rings (SSSR count). The first-order chi connectivity index (χ1) is 8.97. The monoisotopic (exact) mass is 284 g/mol.